The Kier molecular flexibility index (Phi) is 4.01. The van der Waals surface area contributed by atoms with Gasteiger partial charge in [0.2, 0.25) is 16.9 Å². The van der Waals surface area contributed by atoms with Crippen LogP contribution in [0.4, 0.5) is 18.9 Å². The molecule has 1 aromatic carbocycles. The predicted octanol–water partition coefficient (Wildman–Crippen LogP) is 2.65. The van der Waals surface area contributed by atoms with Crippen LogP contribution in [0, 0.1) is 5.41 Å². The maximum absolute atomic E-state index is 12.3. The van der Waals surface area contributed by atoms with Crippen molar-refractivity contribution >= 4 is 22.6 Å². The normalized spacial score (nSPS) is 19.1. The van der Waals surface area contributed by atoms with E-state index in [1.54, 1.807) is 23.1 Å². The number of rotatable bonds is 4. The molecule has 116 valence electrons. The van der Waals surface area contributed by atoms with Crippen molar-refractivity contribution in [2.24, 2.45) is 5.41 Å². The Bertz CT molecular complexity index is 587. The Morgan fingerprint density at radius 1 is 1.33 bits per heavy atom. The Morgan fingerprint density at radius 2 is 1.95 bits per heavy atom. The molecule has 21 heavy (non-hydrogen) atoms. The molecule has 0 spiro atoms. The molecule has 2 rings (SSSR count). The second-order valence-electron chi connectivity index (χ2n) is 5.52. The molecule has 4 nitrogen and oxygen atoms in total. The highest BCUT2D eigenvalue weighted by molar-refractivity contribution is 7.87. The van der Waals surface area contributed by atoms with Crippen LogP contribution < -0.4 is 4.72 Å². The molecule has 1 unspecified atom stereocenters. The van der Waals surface area contributed by atoms with Gasteiger partial charge in [0.25, 0.3) is 0 Å². The second kappa shape index (κ2) is 5.32. The lowest BCUT2D eigenvalue weighted by atomic mass is 9.83. The van der Waals surface area contributed by atoms with Crippen LogP contribution in [0.25, 0.3) is 0 Å². The summed E-state index contributed by atoms with van der Waals surface area (Å²) in [6, 6.07) is 6.22. The molecule has 0 radical (unpaired) electrons. The highest BCUT2D eigenvalue weighted by Crippen LogP contribution is 2.33. The number of halogens is 3. The van der Waals surface area contributed by atoms with Crippen molar-refractivity contribution in [3.05, 3.63) is 29.8 Å². The van der Waals surface area contributed by atoms with Crippen LogP contribution in [0.2, 0.25) is 0 Å². The summed E-state index contributed by atoms with van der Waals surface area (Å²) in [5, 5.41) is 0. The lowest BCUT2D eigenvalue weighted by Gasteiger charge is -2.44. The van der Waals surface area contributed by atoms with Gasteiger partial charge in [-0.05, 0) is 25.5 Å². The van der Waals surface area contributed by atoms with Gasteiger partial charge in [-0.3, -0.25) is 9.52 Å². The summed E-state index contributed by atoms with van der Waals surface area (Å²) < 4.78 is 50.1. The Morgan fingerprint density at radius 3 is 2.48 bits per heavy atom. The largest absolute Gasteiger partial charge is 0.490 e. The second-order valence-corrected chi connectivity index (χ2v) is 6.72. The number of likely N-dealkylation sites (tertiary alicyclic amines) is 1. The zero-order chi connectivity index (χ0) is 15.8. The number of anilines is 1. The average Bonchev–Trinajstić information content (AvgIpc) is 2.38. The van der Waals surface area contributed by atoms with Crippen LogP contribution in [0.1, 0.15) is 19.4 Å². The minimum atomic E-state index is -4.83. The molecule has 0 aromatic heterocycles. The summed E-state index contributed by atoms with van der Waals surface area (Å²) in [6.07, 6.45) is 0. The van der Waals surface area contributed by atoms with Gasteiger partial charge in [-0.1, -0.05) is 18.2 Å². The van der Waals surface area contributed by atoms with Crippen molar-refractivity contribution in [2.45, 2.75) is 25.9 Å². The minimum absolute atomic E-state index is 0.0470. The first kappa shape index (κ1) is 15.8. The number of hydrogen-bond acceptors (Lipinski definition) is 2. The third-order valence-electron chi connectivity index (χ3n) is 3.24. The van der Waals surface area contributed by atoms with Gasteiger partial charge in [0, 0.05) is 13.1 Å². The van der Waals surface area contributed by atoms with Gasteiger partial charge < -0.3 is 4.90 Å². The van der Waals surface area contributed by atoms with Crippen LogP contribution >= 0.6 is 0 Å². The smallest absolute Gasteiger partial charge is 0.337 e. The van der Waals surface area contributed by atoms with Gasteiger partial charge in [-0.2, -0.15) is 13.2 Å². The van der Waals surface area contributed by atoms with Crippen molar-refractivity contribution in [3.8, 4) is 0 Å². The quantitative estimate of drug-likeness (QED) is 0.867. The van der Waals surface area contributed by atoms with Crippen molar-refractivity contribution in [2.75, 3.05) is 11.3 Å². The molecule has 8 heteroatoms. The number of amides is 1. The number of para-hydroxylation sites is 1. The van der Waals surface area contributed by atoms with E-state index in [0.29, 0.717) is 12.1 Å². The van der Waals surface area contributed by atoms with E-state index in [0.717, 1.165) is 0 Å². The lowest BCUT2D eigenvalue weighted by Crippen LogP contribution is -2.57. The minimum Gasteiger partial charge on any atom is -0.337 e. The fourth-order valence-electron chi connectivity index (χ4n) is 2.20. The van der Waals surface area contributed by atoms with Crippen molar-refractivity contribution in [1.29, 1.82) is 0 Å². The Balaban J connectivity index is 2.12. The van der Waals surface area contributed by atoms with E-state index in [4.69, 9.17) is 0 Å². The Labute approximate surface area is 122 Å². The van der Waals surface area contributed by atoms with E-state index in [9.17, 15) is 22.2 Å². The fourth-order valence-corrected chi connectivity index (χ4v) is 2.72. The summed E-state index contributed by atoms with van der Waals surface area (Å²) in [6.45, 7) is 4.37. The van der Waals surface area contributed by atoms with Gasteiger partial charge in [-0.25, -0.2) is 4.21 Å². The zero-order valence-corrected chi connectivity index (χ0v) is 12.3. The zero-order valence-electron chi connectivity index (χ0n) is 11.5. The summed E-state index contributed by atoms with van der Waals surface area (Å²) in [5.41, 5.74) is -4.64. The van der Waals surface area contributed by atoms with Crippen LogP contribution in [-0.4, -0.2) is 27.1 Å². The van der Waals surface area contributed by atoms with Gasteiger partial charge in [0.05, 0.1) is 11.1 Å². The lowest BCUT2D eigenvalue weighted by molar-refractivity contribution is -0.157. The first-order valence-corrected chi connectivity index (χ1v) is 7.39. The predicted molar refractivity (Wildman–Crippen MR) is 73.5 cm³/mol. The summed E-state index contributed by atoms with van der Waals surface area (Å²) in [5.74, 6) is -0.0470. The third-order valence-corrected chi connectivity index (χ3v) is 4.07. The molecule has 1 aromatic rings. The van der Waals surface area contributed by atoms with Crippen LogP contribution in [0.3, 0.4) is 0 Å². The molecule has 1 aliphatic heterocycles. The number of benzene rings is 1. The maximum atomic E-state index is 12.3. The summed E-state index contributed by atoms with van der Waals surface area (Å²) in [7, 11) is -3.17. The summed E-state index contributed by atoms with van der Waals surface area (Å²) >= 11 is 0. The van der Waals surface area contributed by atoms with Gasteiger partial charge in [-0.15, -0.1) is 0 Å². The molecule has 1 saturated heterocycles. The van der Waals surface area contributed by atoms with Crippen LogP contribution in [0.15, 0.2) is 24.3 Å². The van der Waals surface area contributed by atoms with E-state index in [1.807, 2.05) is 18.6 Å². The topological polar surface area (TPSA) is 49.4 Å². The maximum Gasteiger partial charge on any atom is 0.490 e. The molecule has 0 aliphatic carbocycles. The van der Waals surface area contributed by atoms with Gasteiger partial charge in [0.15, 0.2) is 0 Å². The number of nitrogens with zero attached hydrogens (tertiary/aromatic N) is 1. The van der Waals surface area contributed by atoms with Crippen molar-refractivity contribution < 1.29 is 22.2 Å². The van der Waals surface area contributed by atoms with E-state index >= 15 is 0 Å². The van der Waals surface area contributed by atoms with Gasteiger partial charge >= 0.3 is 5.51 Å². The van der Waals surface area contributed by atoms with E-state index in [1.165, 1.54) is 6.07 Å². The standard InChI is InChI=1S/C13H15F3N2O2S/c1-12(2)8-18(11(12)19)7-9-5-3-4-6-10(9)17-21(20)13(14,15)16/h3-6,17H,7-8H2,1-2H3. The number of nitrogens with one attached hydrogen (secondary N) is 1. The fraction of sp³-hybridized carbons (Fsp3) is 0.462. The van der Waals surface area contributed by atoms with Crippen molar-refractivity contribution in [1.82, 2.24) is 4.90 Å². The van der Waals surface area contributed by atoms with Crippen LogP contribution in [0.5, 0.6) is 0 Å². The van der Waals surface area contributed by atoms with Crippen LogP contribution in [-0.2, 0) is 22.3 Å². The molecule has 1 fully saturated rings. The van der Waals surface area contributed by atoms with E-state index in [2.05, 4.69) is 0 Å². The monoisotopic (exact) mass is 320 g/mol. The van der Waals surface area contributed by atoms with Gasteiger partial charge in [0.1, 0.15) is 0 Å². The number of β-lactam (4-membered cyclic amide) rings is 1. The molecular weight excluding hydrogens is 305 g/mol. The number of carbonyl (C=O) groups excluding carboxylic acids is 1. The number of hydrogen-bond donors (Lipinski definition) is 1. The molecular formula is C13H15F3N2O2S. The SMILES string of the molecule is CC1(C)CN(Cc2ccccc2NS(=O)C(F)(F)F)C1=O. The number of alkyl halides is 3. The Hall–Kier alpha value is -1.57. The average molecular weight is 320 g/mol. The molecule has 0 bridgehead atoms. The summed E-state index contributed by atoms with van der Waals surface area (Å²) in [4.78, 5) is 13.4. The third kappa shape index (κ3) is 3.37. The molecule has 0 saturated carbocycles. The highest BCUT2D eigenvalue weighted by atomic mass is 32.2. The molecule has 1 aliphatic rings. The number of carbonyl (C=O) groups is 1. The van der Waals surface area contributed by atoms with Crippen molar-refractivity contribution in [3.63, 3.8) is 0 Å². The first-order chi connectivity index (χ1) is 9.61. The molecule has 1 atom stereocenters. The molecule has 1 amide bonds. The van der Waals surface area contributed by atoms with E-state index < -0.39 is 21.9 Å². The first-order valence-electron chi connectivity index (χ1n) is 6.24. The molecule has 1 heterocycles. The van der Waals surface area contributed by atoms with E-state index in [-0.39, 0.29) is 18.1 Å². The highest BCUT2D eigenvalue weighted by Gasteiger charge is 2.44. The molecule has 1 N–H and O–H groups in total.